The van der Waals surface area contributed by atoms with E-state index in [1.165, 1.54) is 0 Å². The molecule has 4 nitrogen and oxygen atoms in total. The maximum atomic E-state index is 12.1. The van der Waals surface area contributed by atoms with Crippen molar-refractivity contribution in [1.29, 1.82) is 0 Å². The van der Waals surface area contributed by atoms with E-state index in [9.17, 15) is 9.00 Å². The number of carbonyl (C=O) groups is 1. The largest absolute Gasteiger partial charge is 0.397 e. The summed E-state index contributed by atoms with van der Waals surface area (Å²) in [4.78, 5) is 12.4. The SMILES string of the molecule is Nc1cc(NC(=O)CS(=O)c2cccc(Cl)c2)ccc1Cl. The van der Waals surface area contributed by atoms with Crippen LogP contribution in [0.4, 0.5) is 11.4 Å². The molecule has 1 amide bonds. The second-order valence-corrected chi connectivity index (χ2v) is 6.53. The molecule has 2 rings (SSSR count). The van der Waals surface area contributed by atoms with Crippen molar-refractivity contribution in [3.05, 3.63) is 52.5 Å². The quantitative estimate of drug-likeness (QED) is 0.837. The number of hydrogen-bond acceptors (Lipinski definition) is 3. The van der Waals surface area contributed by atoms with Crippen LogP contribution >= 0.6 is 23.2 Å². The van der Waals surface area contributed by atoms with Crippen LogP contribution in [0.15, 0.2) is 47.4 Å². The number of anilines is 2. The van der Waals surface area contributed by atoms with Crippen molar-refractivity contribution in [3.8, 4) is 0 Å². The molecule has 0 aromatic heterocycles. The van der Waals surface area contributed by atoms with Crippen LogP contribution in [0.2, 0.25) is 10.0 Å². The molecule has 1 atom stereocenters. The maximum Gasteiger partial charge on any atom is 0.237 e. The Bertz CT molecular complexity index is 707. The van der Waals surface area contributed by atoms with Gasteiger partial charge in [-0.05, 0) is 36.4 Å². The lowest BCUT2D eigenvalue weighted by atomic mass is 10.3. The molecule has 0 radical (unpaired) electrons. The summed E-state index contributed by atoms with van der Waals surface area (Å²) in [6.07, 6.45) is 0. The first kappa shape index (κ1) is 15.8. The monoisotopic (exact) mass is 342 g/mol. The summed E-state index contributed by atoms with van der Waals surface area (Å²) >= 11 is 11.6. The fourth-order valence-corrected chi connectivity index (χ4v) is 2.97. The van der Waals surface area contributed by atoms with Gasteiger partial charge in [0.05, 0.1) is 21.5 Å². The minimum absolute atomic E-state index is 0.164. The number of nitrogens with two attached hydrogens (primary N) is 1. The van der Waals surface area contributed by atoms with Crippen molar-refractivity contribution >= 4 is 51.3 Å². The number of benzene rings is 2. The van der Waals surface area contributed by atoms with Crippen LogP contribution in [-0.4, -0.2) is 15.9 Å². The molecule has 0 aliphatic rings. The van der Waals surface area contributed by atoms with Gasteiger partial charge < -0.3 is 11.1 Å². The number of rotatable bonds is 4. The van der Waals surface area contributed by atoms with Crippen LogP contribution in [0.1, 0.15) is 0 Å². The summed E-state index contributed by atoms with van der Waals surface area (Å²) in [5.41, 5.74) is 6.52. The van der Waals surface area contributed by atoms with Gasteiger partial charge in [-0.15, -0.1) is 0 Å². The summed E-state index contributed by atoms with van der Waals surface area (Å²) in [7, 11) is -1.46. The number of nitrogen functional groups attached to an aromatic ring is 1. The van der Waals surface area contributed by atoms with Gasteiger partial charge in [-0.25, -0.2) is 0 Å². The van der Waals surface area contributed by atoms with E-state index in [-0.39, 0.29) is 11.7 Å². The van der Waals surface area contributed by atoms with Crippen molar-refractivity contribution in [2.45, 2.75) is 4.90 Å². The second kappa shape index (κ2) is 6.93. The molecular formula is C14H12Cl2N2O2S. The Morgan fingerprint density at radius 2 is 1.95 bits per heavy atom. The number of carbonyl (C=O) groups excluding carboxylic acids is 1. The van der Waals surface area contributed by atoms with Gasteiger partial charge in [-0.2, -0.15) is 0 Å². The highest BCUT2D eigenvalue weighted by Gasteiger charge is 2.11. The molecule has 7 heteroatoms. The zero-order chi connectivity index (χ0) is 15.4. The van der Waals surface area contributed by atoms with Crippen molar-refractivity contribution in [2.75, 3.05) is 16.8 Å². The molecule has 0 fully saturated rings. The van der Waals surface area contributed by atoms with Crippen molar-refractivity contribution < 1.29 is 9.00 Å². The van der Waals surface area contributed by atoms with Crippen LogP contribution in [0.5, 0.6) is 0 Å². The van der Waals surface area contributed by atoms with Gasteiger partial charge >= 0.3 is 0 Å². The van der Waals surface area contributed by atoms with E-state index in [1.807, 2.05) is 0 Å². The first-order valence-corrected chi connectivity index (χ1v) is 8.02. The third-order valence-corrected chi connectivity index (χ3v) is 4.48. The first-order valence-electron chi connectivity index (χ1n) is 5.94. The molecule has 0 saturated carbocycles. The lowest BCUT2D eigenvalue weighted by Crippen LogP contribution is -2.19. The van der Waals surface area contributed by atoms with E-state index in [0.717, 1.165) is 0 Å². The van der Waals surface area contributed by atoms with Gasteiger partial charge in [-0.3, -0.25) is 9.00 Å². The van der Waals surface area contributed by atoms with Crippen LogP contribution < -0.4 is 11.1 Å². The summed E-state index contributed by atoms with van der Waals surface area (Å²) < 4.78 is 12.1. The van der Waals surface area contributed by atoms with Crippen LogP contribution in [0, 0.1) is 0 Å². The van der Waals surface area contributed by atoms with E-state index in [2.05, 4.69) is 5.32 Å². The molecule has 0 heterocycles. The minimum Gasteiger partial charge on any atom is -0.397 e. The van der Waals surface area contributed by atoms with Crippen molar-refractivity contribution in [1.82, 2.24) is 0 Å². The molecule has 0 aliphatic heterocycles. The van der Waals surface area contributed by atoms with E-state index >= 15 is 0 Å². The molecule has 110 valence electrons. The number of halogens is 2. The fourth-order valence-electron chi connectivity index (χ4n) is 1.63. The normalized spacial score (nSPS) is 11.9. The lowest BCUT2D eigenvalue weighted by molar-refractivity contribution is -0.113. The molecule has 0 bridgehead atoms. The minimum atomic E-state index is -1.46. The highest BCUT2D eigenvalue weighted by atomic mass is 35.5. The summed E-state index contributed by atoms with van der Waals surface area (Å²) in [6, 6.07) is 11.4. The number of amides is 1. The van der Waals surface area contributed by atoms with Crippen LogP contribution in [0.25, 0.3) is 0 Å². The molecule has 0 saturated heterocycles. The zero-order valence-corrected chi connectivity index (χ0v) is 13.1. The van der Waals surface area contributed by atoms with E-state index in [4.69, 9.17) is 28.9 Å². The first-order chi connectivity index (χ1) is 9.95. The Morgan fingerprint density at radius 3 is 2.62 bits per heavy atom. The van der Waals surface area contributed by atoms with Crippen molar-refractivity contribution in [3.63, 3.8) is 0 Å². The molecule has 21 heavy (non-hydrogen) atoms. The van der Waals surface area contributed by atoms with E-state index in [1.54, 1.807) is 42.5 Å². The third kappa shape index (κ3) is 4.46. The maximum absolute atomic E-state index is 12.1. The topological polar surface area (TPSA) is 72.2 Å². The Kier molecular flexibility index (Phi) is 5.22. The molecule has 0 aliphatic carbocycles. The van der Waals surface area contributed by atoms with Crippen molar-refractivity contribution in [2.24, 2.45) is 0 Å². The van der Waals surface area contributed by atoms with Gasteiger partial charge in [0, 0.05) is 15.6 Å². The third-order valence-electron chi connectivity index (χ3n) is 2.60. The van der Waals surface area contributed by atoms with Gasteiger partial charge in [0.2, 0.25) is 5.91 Å². The highest BCUT2D eigenvalue weighted by molar-refractivity contribution is 7.85. The molecule has 2 aromatic rings. The molecule has 0 spiro atoms. The summed E-state index contributed by atoms with van der Waals surface area (Å²) in [6.45, 7) is 0. The molecule has 1 unspecified atom stereocenters. The fraction of sp³-hybridized carbons (Fsp3) is 0.0714. The van der Waals surface area contributed by atoms with Crippen LogP contribution in [0.3, 0.4) is 0 Å². The molecule has 2 aromatic carbocycles. The van der Waals surface area contributed by atoms with Crippen LogP contribution in [-0.2, 0) is 15.6 Å². The number of hydrogen-bond donors (Lipinski definition) is 2. The van der Waals surface area contributed by atoms with Gasteiger partial charge in [0.1, 0.15) is 5.75 Å². The predicted molar refractivity (Wildman–Crippen MR) is 87.2 cm³/mol. The smallest absolute Gasteiger partial charge is 0.237 e. The molecular weight excluding hydrogens is 331 g/mol. The van der Waals surface area contributed by atoms with E-state index in [0.29, 0.717) is 26.3 Å². The Labute approximate surface area is 134 Å². The van der Waals surface area contributed by atoms with Gasteiger partial charge in [0.25, 0.3) is 0 Å². The second-order valence-electron chi connectivity index (χ2n) is 4.23. The van der Waals surface area contributed by atoms with E-state index < -0.39 is 10.8 Å². The lowest BCUT2D eigenvalue weighted by Gasteiger charge is -2.07. The highest BCUT2D eigenvalue weighted by Crippen LogP contribution is 2.22. The summed E-state index contributed by atoms with van der Waals surface area (Å²) in [5, 5.41) is 3.51. The molecule has 3 N–H and O–H groups in total. The van der Waals surface area contributed by atoms with Gasteiger partial charge in [-0.1, -0.05) is 29.3 Å². The Balaban J connectivity index is 2.01. The standard InChI is InChI=1S/C14H12Cl2N2O2S/c15-9-2-1-3-11(6-9)21(20)8-14(19)18-10-4-5-12(16)13(17)7-10/h1-7H,8,17H2,(H,18,19). The number of nitrogens with one attached hydrogen (secondary N) is 1. The zero-order valence-electron chi connectivity index (χ0n) is 10.8. The average molecular weight is 343 g/mol. The average Bonchev–Trinajstić information content (AvgIpc) is 2.43. The predicted octanol–water partition coefficient (Wildman–Crippen LogP) is 3.32. The van der Waals surface area contributed by atoms with Gasteiger partial charge in [0.15, 0.2) is 0 Å². The summed E-state index contributed by atoms with van der Waals surface area (Å²) in [5.74, 6) is -0.543. The Morgan fingerprint density at radius 1 is 1.19 bits per heavy atom. The Hall–Kier alpha value is -1.56.